The molecule has 1 aromatic heterocycles. The van der Waals surface area contributed by atoms with Crippen LogP contribution in [-0.4, -0.2) is 9.55 Å². The van der Waals surface area contributed by atoms with Gasteiger partial charge in [-0.1, -0.05) is 43.1 Å². The maximum atomic E-state index is 6.15. The Bertz CT molecular complexity index is 806. The summed E-state index contributed by atoms with van der Waals surface area (Å²) in [7, 11) is 0. The Balaban J connectivity index is 1.90. The van der Waals surface area contributed by atoms with Gasteiger partial charge in [0.05, 0.1) is 11.0 Å². The molecule has 0 N–H and O–H groups in total. The third-order valence-electron chi connectivity index (χ3n) is 3.73. The Hall–Kier alpha value is -2.00. The van der Waals surface area contributed by atoms with Crippen LogP contribution >= 0.6 is 11.6 Å². The van der Waals surface area contributed by atoms with Crippen LogP contribution in [0.25, 0.3) is 11.0 Å². The number of fused-ring (bicyclic) bond motifs is 1. The van der Waals surface area contributed by atoms with E-state index in [1.54, 1.807) is 0 Å². The molecule has 0 aliphatic carbocycles. The van der Waals surface area contributed by atoms with Crippen molar-refractivity contribution in [3.05, 3.63) is 58.9 Å². The Morgan fingerprint density at radius 2 is 1.87 bits per heavy atom. The number of rotatable bonds is 5. The summed E-state index contributed by atoms with van der Waals surface area (Å²) in [6, 6.07) is 13.9. The second-order valence-electron chi connectivity index (χ2n) is 6.27. The maximum Gasteiger partial charge on any atom is 0.148 e. The van der Waals surface area contributed by atoms with Gasteiger partial charge in [0.2, 0.25) is 0 Å². The van der Waals surface area contributed by atoms with Gasteiger partial charge in [-0.3, -0.25) is 0 Å². The summed E-state index contributed by atoms with van der Waals surface area (Å²) in [5.41, 5.74) is 3.24. The van der Waals surface area contributed by atoms with E-state index in [-0.39, 0.29) is 0 Å². The number of halogens is 1. The van der Waals surface area contributed by atoms with Gasteiger partial charge < -0.3 is 9.30 Å². The number of hydrogen-bond acceptors (Lipinski definition) is 2. The van der Waals surface area contributed by atoms with E-state index >= 15 is 0 Å². The van der Waals surface area contributed by atoms with E-state index in [1.165, 1.54) is 5.56 Å². The zero-order chi connectivity index (χ0) is 16.4. The number of hydrogen-bond donors (Lipinski definition) is 0. The van der Waals surface area contributed by atoms with Gasteiger partial charge in [-0.2, -0.15) is 0 Å². The average Bonchev–Trinajstić information content (AvgIpc) is 2.84. The molecule has 23 heavy (non-hydrogen) atoms. The third kappa shape index (κ3) is 3.67. The van der Waals surface area contributed by atoms with E-state index in [4.69, 9.17) is 21.3 Å². The van der Waals surface area contributed by atoms with Crippen LogP contribution in [0.3, 0.4) is 0 Å². The second kappa shape index (κ2) is 6.63. The second-order valence-corrected chi connectivity index (χ2v) is 6.70. The fourth-order valence-corrected chi connectivity index (χ4v) is 2.77. The van der Waals surface area contributed by atoms with E-state index < -0.39 is 0 Å². The van der Waals surface area contributed by atoms with Crippen molar-refractivity contribution >= 4 is 22.6 Å². The topological polar surface area (TPSA) is 27.1 Å². The minimum Gasteiger partial charge on any atom is -0.486 e. The maximum absolute atomic E-state index is 6.15. The molecule has 120 valence electrons. The van der Waals surface area contributed by atoms with Gasteiger partial charge in [-0.05, 0) is 43.2 Å². The summed E-state index contributed by atoms with van der Waals surface area (Å²) in [5.74, 6) is 2.30. The summed E-state index contributed by atoms with van der Waals surface area (Å²) in [4.78, 5) is 4.72. The monoisotopic (exact) mass is 328 g/mol. The molecule has 0 aliphatic rings. The van der Waals surface area contributed by atoms with Gasteiger partial charge in [0, 0.05) is 11.6 Å². The predicted octanol–water partition coefficient (Wildman–Crippen LogP) is 5.23. The lowest BCUT2D eigenvalue weighted by Crippen LogP contribution is -2.11. The minimum absolute atomic E-state index is 0.447. The van der Waals surface area contributed by atoms with Gasteiger partial charge in [0.25, 0.3) is 0 Å². The highest BCUT2D eigenvalue weighted by molar-refractivity contribution is 6.31. The van der Waals surface area contributed by atoms with Crippen molar-refractivity contribution in [2.75, 3.05) is 0 Å². The summed E-state index contributed by atoms with van der Waals surface area (Å²) < 4.78 is 8.12. The first kappa shape index (κ1) is 15.9. The van der Waals surface area contributed by atoms with Crippen LogP contribution in [0.1, 0.15) is 25.2 Å². The van der Waals surface area contributed by atoms with Crippen LogP contribution in [0, 0.1) is 12.8 Å². The van der Waals surface area contributed by atoms with Crippen LogP contribution in [0.2, 0.25) is 5.02 Å². The molecule has 3 rings (SSSR count). The Kier molecular flexibility index (Phi) is 4.58. The summed E-state index contributed by atoms with van der Waals surface area (Å²) in [5, 5.41) is 0.730. The highest BCUT2D eigenvalue weighted by Gasteiger charge is 2.13. The molecule has 2 aromatic carbocycles. The van der Waals surface area contributed by atoms with Crippen LogP contribution in [0.15, 0.2) is 42.5 Å². The van der Waals surface area contributed by atoms with E-state index in [0.717, 1.165) is 34.2 Å². The first-order chi connectivity index (χ1) is 11.0. The van der Waals surface area contributed by atoms with Crippen molar-refractivity contribution in [3.63, 3.8) is 0 Å². The quantitative estimate of drug-likeness (QED) is 0.641. The molecular weight excluding hydrogens is 308 g/mol. The highest BCUT2D eigenvalue weighted by Crippen LogP contribution is 2.23. The largest absolute Gasteiger partial charge is 0.486 e. The van der Waals surface area contributed by atoms with E-state index in [2.05, 4.69) is 25.3 Å². The molecule has 0 radical (unpaired) electrons. The number of benzene rings is 2. The normalized spacial score (nSPS) is 11.3. The number of aromatic nitrogens is 2. The van der Waals surface area contributed by atoms with Gasteiger partial charge in [-0.15, -0.1) is 0 Å². The molecular formula is C19H21ClN2O. The number of nitrogens with zero attached hydrogens (tertiary/aromatic N) is 2. The van der Waals surface area contributed by atoms with Crippen molar-refractivity contribution in [1.82, 2.24) is 9.55 Å². The van der Waals surface area contributed by atoms with Crippen molar-refractivity contribution in [2.24, 2.45) is 5.92 Å². The van der Waals surface area contributed by atoms with Crippen LogP contribution in [-0.2, 0) is 13.2 Å². The number of aryl methyl sites for hydroxylation is 1. The molecule has 0 spiro atoms. The predicted molar refractivity (Wildman–Crippen MR) is 95.1 cm³/mol. The SMILES string of the molecule is Cc1ccc(OCc2nc3ccc(Cl)cc3n2CC(C)C)cc1. The molecule has 4 heteroatoms. The number of imidazole rings is 1. The van der Waals surface area contributed by atoms with Crippen LogP contribution < -0.4 is 4.74 Å². The van der Waals surface area contributed by atoms with Crippen LogP contribution in [0.4, 0.5) is 0 Å². The fraction of sp³-hybridized carbons (Fsp3) is 0.316. The highest BCUT2D eigenvalue weighted by atomic mass is 35.5. The average molecular weight is 329 g/mol. The molecule has 3 aromatic rings. The summed E-state index contributed by atoms with van der Waals surface area (Å²) in [6.45, 7) is 7.79. The molecule has 0 bridgehead atoms. The molecule has 3 nitrogen and oxygen atoms in total. The first-order valence-corrected chi connectivity index (χ1v) is 8.25. The molecule has 0 unspecified atom stereocenters. The lowest BCUT2D eigenvalue weighted by atomic mass is 10.2. The zero-order valence-electron chi connectivity index (χ0n) is 13.7. The third-order valence-corrected chi connectivity index (χ3v) is 3.96. The summed E-state index contributed by atoms with van der Waals surface area (Å²) >= 11 is 6.15. The summed E-state index contributed by atoms with van der Waals surface area (Å²) in [6.07, 6.45) is 0. The molecule has 0 fully saturated rings. The lowest BCUT2D eigenvalue weighted by molar-refractivity contribution is 0.287. The number of ether oxygens (including phenoxy) is 1. The van der Waals surface area contributed by atoms with E-state index in [9.17, 15) is 0 Å². The Labute approximate surface area is 141 Å². The smallest absolute Gasteiger partial charge is 0.148 e. The van der Waals surface area contributed by atoms with E-state index in [1.807, 2.05) is 42.5 Å². The molecule has 0 aliphatic heterocycles. The van der Waals surface area contributed by atoms with Crippen molar-refractivity contribution in [1.29, 1.82) is 0 Å². The molecule has 0 saturated carbocycles. The van der Waals surface area contributed by atoms with Gasteiger partial charge in [0.1, 0.15) is 18.2 Å². The molecule has 0 amide bonds. The standard InChI is InChI=1S/C19H21ClN2O/c1-13(2)11-22-18-10-15(20)6-9-17(18)21-19(22)12-23-16-7-4-14(3)5-8-16/h4-10,13H,11-12H2,1-3H3. The van der Waals surface area contributed by atoms with Gasteiger partial charge >= 0.3 is 0 Å². The first-order valence-electron chi connectivity index (χ1n) is 7.87. The van der Waals surface area contributed by atoms with Crippen molar-refractivity contribution < 1.29 is 4.74 Å². The lowest BCUT2D eigenvalue weighted by Gasteiger charge is -2.12. The molecule has 0 saturated heterocycles. The van der Waals surface area contributed by atoms with Crippen LogP contribution in [0.5, 0.6) is 5.75 Å². The zero-order valence-corrected chi connectivity index (χ0v) is 14.5. The Morgan fingerprint density at radius 3 is 2.57 bits per heavy atom. The van der Waals surface area contributed by atoms with Crippen molar-refractivity contribution in [3.8, 4) is 5.75 Å². The minimum atomic E-state index is 0.447. The molecule has 1 heterocycles. The fourth-order valence-electron chi connectivity index (χ4n) is 2.61. The van der Waals surface area contributed by atoms with Gasteiger partial charge in [0.15, 0.2) is 0 Å². The Morgan fingerprint density at radius 1 is 1.13 bits per heavy atom. The van der Waals surface area contributed by atoms with E-state index in [0.29, 0.717) is 12.5 Å². The molecule has 0 atom stereocenters. The van der Waals surface area contributed by atoms with Crippen molar-refractivity contribution in [2.45, 2.75) is 33.9 Å². The van der Waals surface area contributed by atoms with Gasteiger partial charge in [-0.25, -0.2) is 4.98 Å².